The van der Waals surface area contributed by atoms with Crippen LogP contribution in [-0.2, 0) is 4.74 Å². The van der Waals surface area contributed by atoms with Crippen molar-refractivity contribution >= 4 is 0 Å². The zero-order chi connectivity index (χ0) is 18.1. The molecule has 1 unspecified atom stereocenters. The van der Waals surface area contributed by atoms with Gasteiger partial charge in [0.05, 0.1) is 24.5 Å². The summed E-state index contributed by atoms with van der Waals surface area (Å²) in [4.78, 5) is 9.36. The van der Waals surface area contributed by atoms with E-state index in [1.165, 1.54) is 0 Å². The molecule has 0 fully saturated rings. The minimum Gasteiger partial charge on any atom is -0.497 e. The fraction of sp³-hybridized carbons (Fsp3) is 0.238. The number of nitrogens with zero attached hydrogens (tertiary/aromatic N) is 2. The summed E-state index contributed by atoms with van der Waals surface area (Å²) in [6, 6.07) is 15.6. The quantitative estimate of drug-likeness (QED) is 0.688. The number of rotatable bonds is 4. The Bertz CT molecular complexity index is 923. The lowest BCUT2D eigenvalue weighted by atomic mass is 10.0. The maximum atomic E-state index is 6.03. The van der Waals surface area contributed by atoms with Crippen molar-refractivity contribution in [1.82, 2.24) is 9.97 Å². The van der Waals surface area contributed by atoms with E-state index in [2.05, 4.69) is 4.98 Å². The van der Waals surface area contributed by atoms with E-state index in [0.29, 0.717) is 5.82 Å². The lowest BCUT2D eigenvalue weighted by Gasteiger charge is -2.29. The van der Waals surface area contributed by atoms with Crippen LogP contribution in [0.1, 0.15) is 25.7 Å². The standard InChI is InChI=1S/C21H20N2O3/c1-13(2)25-21-17-12-22-20(14-8-10-15(24-3)11-9-14)23-19(17)16-6-4-5-7-18(16)26-21/h4-13,21H,1-3H3. The molecular weight excluding hydrogens is 328 g/mol. The number of methoxy groups -OCH3 is 1. The Labute approximate surface area is 152 Å². The van der Waals surface area contributed by atoms with E-state index in [1.807, 2.05) is 62.4 Å². The number of benzene rings is 2. The van der Waals surface area contributed by atoms with Crippen LogP contribution < -0.4 is 9.47 Å². The second-order valence-electron chi connectivity index (χ2n) is 6.36. The molecule has 0 amide bonds. The van der Waals surface area contributed by atoms with Crippen molar-refractivity contribution in [3.05, 3.63) is 60.3 Å². The molecule has 26 heavy (non-hydrogen) atoms. The van der Waals surface area contributed by atoms with Gasteiger partial charge in [-0.3, -0.25) is 0 Å². The van der Waals surface area contributed by atoms with Crippen LogP contribution in [0.25, 0.3) is 22.6 Å². The molecule has 0 aliphatic carbocycles. The molecular formula is C21H20N2O3. The van der Waals surface area contributed by atoms with Gasteiger partial charge in [-0.25, -0.2) is 9.97 Å². The van der Waals surface area contributed by atoms with E-state index in [0.717, 1.165) is 33.9 Å². The topological polar surface area (TPSA) is 53.5 Å². The average Bonchev–Trinajstić information content (AvgIpc) is 2.67. The molecule has 1 aliphatic rings. The van der Waals surface area contributed by atoms with Crippen LogP contribution in [0, 0.1) is 0 Å². The summed E-state index contributed by atoms with van der Waals surface area (Å²) >= 11 is 0. The van der Waals surface area contributed by atoms with Crippen LogP contribution in [0.15, 0.2) is 54.7 Å². The first kappa shape index (κ1) is 16.5. The Morgan fingerprint density at radius 2 is 1.81 bits per heavy atom. The van der Waals surface area contributed by atoms with Gasteiger partial charge < -0.3 is 14.2 Å². The molecule has 5 nitrogen and oxygen atoms in total. The van der Waals surface area contributed by atoms with Crippen LogP contribution in [0.3, 0.4) is 0 Å². The van der Waals surface area contributed by atoms with Gasteiger partial charge in [0.1, 0.15) is 11.5 Å². The Morgan fingerprint density at radius 1 is 1.04 bits per heavy atom. The van der Waals surface area contributed by atoms with E-state index in [-0.39, 0.29) is 6.10 Å². The third-order valence-electron chi connectivity index (χ3n) is 4.19. The molecule has 2 aromatic carbocycles. The SMILES string of the molecule is COc1ccc(-c2ncc3c(n2)-c2ccccc2OC3OC(C)C)cc1. The van der Waals surface area contributed by atoms with Gasteiger partial charge in [0.15, 0.2) is 5.82 Å². The normalized spacial score (nSPS) is 15.2. The third kappa shape index (κ3) is 3.02. The number of ether oxygens (including phenoxy) is 3. The smallest absolute Gasteiger partial charge is 0.230 e. The molecule has 132 valence electrons. The monoisotopic (exact) mass is 348 g/mol. The van der Waals surface area contributed by atoms with Gasteiger partial charge in [0.25, 0.3) is 0 Å². The number of para-hydroxylation sites is 1. The first-order chi connectivity index (χ1) is 12.7. The predicted octanol–water partition coefficient (Wildman–Crippen LogP) is 4.64. The lowest BCUT2D eigenvalue weighted by Crippen LogP contribution is -2.21. The van der Waals surface area contributed by atoms with Crippen molar-refractivity contribution in [2.75, 3.05) is 7.11 Å². The van der Waals surface area contributed by atoms with Gasteiger partial charge in [0.2, 0.25) is 6.29 Å². The Balaban J connectivity index is 1.81. The zero-order valence-electron chi connectivity index (χ0n) is 15.0. The number of aromatic nitrogens is 2. The summed E-state index contributed by atoms with van der Waals surface area (Å²) in [5, 5.41) is 0. The highest BCUT2D eigenvalue weighted by Gasteiger charge is 2.29. The molecule has 5 heteroatoms. The molecule has 0 spiro atoms. The van der Waals surface area contributed by atoms with Crippen LogP contribution in [-0.4, -0.2) is 23.2 Å². The van der Waals surface area contributed by atoms with Crippen LogP contribution >= 0.6 is 0 Å². The second-order valence-corrected chi connectivity index (χ2v) is 6.36. The number of fused-ring (bicyclic) bond motifs is 3. The van der Waals surface area contributed by atoms with Gasteiger partial charge in [-0.15, -0.1) is 0 Å². The zero-order valence-corrected chi connectivity index (χ0v) is 15.0. The molecule has 1 atom stereocenters. The summed E-state index contributed by atoms with van der Waals surface area (Å²) in [5.74, 6) is 2.23. The minimum atomic E-state index is -0.509. The Morgan fingerprint density at radius 3 is 2.54 bits per heavy atom. The highest BCUT2D eigenvalue weighted by molar-refractivity contribution is 5.73. The van der Waals surface area contributed by atoms with E-state index >= 15 is 0 Å². The van der Waals surface area contributed by atoms with Gasteiger partial charge >= 0.3 is 0 Å². The van der Waals surface area contributed by atoms with E-state index in [9.17, 15) is 0 Å². The van der Waals surface area contributed by atoms with Crippen molar-refractivity contribution in [2.45, 2.75) is 26.2 Å². The first-order valence-corrected chi connectivity index (χ1v) is 8.58. The summed E-state index contributed by atoms with van der Waals surface area (Å²) in [7, 11) is 1.65. The molecule has 0 N–H and O–H groups in total. The van der Waals surface area contributed by atoms with Gasteiger partial charge in [-0.2, -0.15) is 0 Å². The fourth-order valence-corrected chi connectivity index (χ4v) is 2.95. The van der Waals surface area contributed by atoms with E-state index < -0.39 is 6.29 Å². The Kier molecular flexibility index (Phi) is 4.31. The maximum Gasteiger partial charge on any atom is 0.230 e. The molecule has 0 bridgehead atoms. The van der Waals surface area contributed by atoms with E-state index in [4.69, 9.17) is 19.2 Å². The molecule has 2 heterocycles. The first-order valence-electron chi connectivity index (χ1n) is 8.58. The molecule has 0 saturated heterocycles. The fourth-order valence-electron chi connectivity index (χ4n) is 2.95. The summed E-state index contributed by atoms with van der Waals surface area (Å²) in [6.07, 6.45) is 1.31. The molecule has 0 saturated carbocycles. The average molecular weight is 348 g/mol. The Hall–Kier alpha value is -2.92. The lowest BCUT2D eigenvalue weighted by molar-refractivity contribution is -0.113. The second kappa shape index (κ2) is 6.77. The van der Waals surface area contributed by atoms with Gasteiger partial charge in [-0.1, -0.05) is 12.1 Å². The van der Waals surface area contributed by atoms with E-state index in [1.54, 1.807) is 13.3 Å². The van der Waals surface area contributed by atoms with Crippen molar-refractivity contribution in [2.24, 2.45) is 0 Å². The van der Waals surface area contributed by atoms with Gasteiger partial charge in [0, 0.05) is 17.3 Å². The highest BCUT2D eigenvalue weighted by Crippen LogP contribution is 2.42. The van der Waals surface area contributed by atoms with Crippen LogP contribution in [0.4, 0.5) is 0 Å². The summed E-state index contributed by atoms with van der Waals surface area (Å²) in [6.45, 7) is 3.96. The minimum absolute atomic E-state index is 0.0272. The third-order valence-corrected chi connectivity index (χ3v) is 4.19. The van der Waals surface area contributed by atoms with Crippen LogP contribution in [0.2, 0.25) is 0 Å². The van der Waals surface area contributed by atoms with Crippen molar-refractivity contribution in [3.8, 4) is 34.1 Å². The molecule has 1 aromatic heterocycles. The highest BCUT2D eigenvalue weighted by atomic mass is 16.7. The summed E-state index contributed by atoms with van der Waals surface area (Å²) in [5.41, 5.74) is 3.56. The number of hydrogen-bond donors (Lipinski definition) is 0. The molecule has 3 aromatic rings. The largest absolute Gasteiger partial charge is 0.497 e. The molecule has 0 radical (unpaired) electrons. The van der Waals surface area contributed by atoms with Crippen LogP contribution in [0.5, 0.6) is 11.5 Å². The molecule has 4 rings (SSSR count). The van der Waals surface area contributed by atoms with Crippen molar-refractivity contribution in [3.63, 3.8) is 0 Å². The molecule has 1 aliphatic heterocycles. The van der Waals surface area contributed by atoms with Gasteiger partial charge in [-0.05, 0) is 50.2 Å². The van der Waals surface area contributed by atoms with Crippen molar-refractivity contribution < 1.29 is 14.2 Å². The summed E-state index contributed by atoms with van der Waals surface area (Å²) < 4.78 is 17.2. The number of hydrogen-bond acceptors (Lipinski definition) is 5. The van der Waals surface area contributed by atoms with Crippen molar-refractivity contribution in [1.29, 1.82) is 0 Å². The maximum absolute atomic E-state index is 6.03. The predicted molar refractivity (Wildman–Crippen MR) is 99.0 cm³/mol.